The van der Waals surface area contributed by atoms with E-state index in [2.05, 4.69) is 16.9 Å². The number of ether oxygens (including phenoxy) is 1. The largest absolute Gasteiger partial charge is 0.439 e. The molecule has 18 heavy (non-hydrogen) atoms. The van der Waals surface area contributed by atoms with Crippen LogP contribution in [-0.2, 0) is 6.42 Å². The van der Waals surface area contributed by atoms with Crippen molar-refractivity contribution in [1.29, 1.82) is 0 Å². The summed E-state index contributed by atoms with van der Waals surface area (Å²) in [5.74, 6) is 1.63. The lowest BCUT2D eigenvalue weighted by Crippen LogP contribution is -1.97. The molecular formula is C13H15N3OS. The molecule has 0 radical (unpaired) electrons. The summed E-state index contributed by atoms with van der Waals surface area (Å²) < 4.78 is 5.66. The lowest BCUT2D eigenvalue weighted by Gasteiger charge is -2.07. The van der Waals surface area contributed by atoms with Gasteiger partial charge in [0.2, 0.25) is 5.88 Å². The van der Waals surface area contributed by atoms with Crippen LogP contribution in [0, 0.1) is 0 Å². The topological polar surface area (TPSA) is 61.0 Å². The molecule has 0 saturated carbocycles. The van der Waals surface area contributed by atoms with Gasteiger partial charge in [-0.15, -0.1) is 0 Å². The van der Waals surface area contributed by atoms with Crippen LogP contribution in [0.25, 0.3) is 0 Å². The molecule has 0 amide bonds. The van der Waals surface area contributed by atoms with Crippen molar-refractivity contribution in [2.75, 3.05) is 12.0 Å². The van der Waals surface area contributed by atoms with E-state index in [9.17, 15) is 0 Å². The first-order chi connectivity index (χ1) is 8.71. The summed E-state index contributed by atoms with van der Waals surface area (Å²) in [4.78, 5) is 8.31. The van der Waals surface area contributed by atoms with E-state index >= 15 is 0 Å². The monoisotopic (exact) mass is 261 g/mol. The summed E-state index contributed by atoms with van der Waals surface area (Å²) in [5.41, 5.74) is 6.96. The van der Waals surface area contributed by atoms with Crippen LogP contribution in [0.4, 0.5) is 5.82 Å². The molecule has 0 atom stereocenters. The lowest BCUT2D eigenvalue weighted by atomic mass is 10.2. The maximum Gasteiger partial charge on any atom is 0.225 e. The van der Waals surface area contributed by atoms with Crippen LogP contribution < -0.4 is 10.5 Å². The minimum Gasteiger partial charge on any atom is -0.439 e. The fraction of sp³-hybridized carbons (Fsp3) is 0.231. The Morgan fingerprint density at radius 1 is 1.22 bits per heavy atom. The standard InChI is InChI=1S/C13H15N3OS/c1-3-9-4-6-10(7-5-9)17-12-8-11(14)15-13(16-12)18-2/h4-8H,3H2,1-2H3,(H2,14,15,16). The number of nitrogen functional groups attached to an aromatic ring is 1. The zero-order valence-corrected chi connectivity index (χ0v) is 11.2. The Labute approximate surface area is 111 Å². The van der Waals surface area contributed by atoms with Gasteiger partial charge in [-0.1, -0.05) is 30.8 Å². The Morgan fingerprint density at radius 2 is 1.94 bits per heavy atom. The van der Waals surface area contributed by atoms with Crippen molar-refractivity contribution in [3.05, 3.63) is 35.9 Å². The molecule has 0 aliphatic heterocycles. The van der Waals surface area contributed by atoms with Crippen molar-refractivity contribution in [3.63, 3.8) is 0 Å². The van der Waals surface area contributed by atoms with Gasteiger partial charge in [-0.3, -0.25) is 0 Å². The van der Waals surface area contributed by atoms with E-state index in [1.165, 1.54) is 17.3 Å². The molecule has 0 bridgehead atoms. The molecule has 1 aromatic heterocycles. The highest BCUT2D eigenvalue weighted by Crippen LogP contribution is 2.23. The number of hydrogen-bond acceptors (Lipinski definition) is 5. The summed E-state index contributed by atoms with van der Waals surface area (Å²) >= 11 is 1.43. The Kier molecular flexibility index (Phi) is 4.04. The molecule has 0 aliphatic carbocycles. The number of thioether (sulfide) groups is 1. The van der Waals surface area contributed by atoms with Crippen LogP contribution in [0.15, 0.2) is 35.5 Å². The number of nitrogens with zero attached hydrogens (tertiary/aromatic N) is 2. The van der Waals surface area contributed by atoms with E-state index in [-0.39, 0.29) is 0 Å². The lowest BCUT2D eigenvalue weighted by molar-refractivity contribution is 0.456. The second kappa shape index (κ2) is 5.73. The van der Waals surface area contributed by atoms with Gasteiger partial charge in [0.1, 0.15) is 11.6 Å². The minimum absolute atomic E-state index is 0.412. The van der Waals surface area contributed by atoms with Crippen molar-refractivity contribution in [1.82, 2.24) is 9.97 Å². The van der Waals surface area contributed by atoms with E-state index in [1.54, 1.807) is 6.07 Å². The predicted octanol–water partition coefficient (Wildman–Crippen LogP) is 3.14. The van der Waals surface area contributed by atoms with Crippen LogP contribution in [0.5, 0.6) is 11.6 Å². The summed E-state index contributed by atoms with van der Waals surface area (Å²) in [6.45, 7) is 2.12. The highest BCUT2D eigenvalue weighted by atomic mass is 32.2. The van der Waals surface area contributed by atoms with Gasteiger partial charge in [-0.05, 0) is 30.4 Å². The van der Waals surface area contributed by atoms with Gasteiger partial charge >= 0.3 is 0 Å². The highest BCUT2D eigenvalue weighted by molar-refractivity contribution is 7.98. The van der Waals surface area contributed by atoms with Gasteiger partial charge in [-0.25, -0.2) is 4.98 Å². The molecule has 1 heterocycles. The third kappa shape index (κ3) is 3.13. The zero-order chi connectivity index (χ0) is 13.0. The molecule has 94 valence electrons. The number of rotatable bonds is 4. The van der Waals surface area contributed by atoms with Gasteiger partial charge in [0.15, 0.2) is 5.16 Å². The average molecular weight is 261 g/mol. The van der Waals surface area contributed by atoms with E-state index in [4.69, 9.17) is 10.5 Å². The zero-order valence-electron chi connectivity index (χ0n) is 10.4. The number of anilines is 1. The summed E-state index contributed by atoms with van der Waals surface area (Å²) in [6.07, 6.45) is 2.91. The van der Waals surface area contributed by atoms with E-state index in [1.807, 2.05) is 30.5 Å². The van der Waals surface area contributed by atoms with Crippen LogP contribution >= 0.6 is 11.8 Å². The molecule has 2 N–H and O–H groups in total. The minimum atomic E-state index is 0.412. The number of benzene rings is 1. The fourth-order valence-electron chi connectivity index (χ4n) is 1.48. The first kappa shape index (κ1) is 12.7. The number of aryl methyl sites for hydroxylation is 1. The molecule has 0 aliphatic rings. The Hall–Kier alpha value is -1.75. The van der Waals surface area contributed by atoms with Gasteiger partial charge in [0.25, 0.3) is 0 Å². The number of hydrogen-bond donors (Lipinski definition) is 1. The maximum absolute atomic E-state index is 5.69. The first-order valence-corrected chi connectivity index (χ1v) is 6.89. The van der Waals surface area contributed by atoms with Crippen molar-refractivity contribution in [2.45, 2.75) is 18.5 Å². The molecule has 1 aromatic carbocycles. The van der Waals surface area contributed by atoms with Crippen molar-refractivity contribution in [2.24, 2.45) is 0 Å². The van der Waals surface area contributed by atoms with E-state index < -0.39 is 0 Å². The third-order valence-electron chi connectivity index (χ3n) is 2.44. The number of nitrogens with two attached hydrogens (primary N) is 1. The summed E-state index contributed by atoms with van der Waals surface area (Å²) in [5, 5.41) is 0.607. The van der Waals surface area contributed by atoms with Crippen molar-refractivity contribution in [3.8, 4) is 11.6 Å². The normalized spacial score (nSPS) is 10.3. The predicted molar refractivity (Wildman–Crippen MR) is 74.1 cm³/mol. The van der Waals surface area contributed by atoms with Crippen LogP contribution in [0.1, 0.15) is 12.5 Å². The van der Waals surface area contributed by atoms with E-state index in [0.29, 0.717) is 16.9 Å². The molecule has 2 rings (SSSR count). The molecule has 0 fully saturated rings. The third-order valence-corrected chi connectivity index (χ3v) is 2.99. The molecule has 5 heteroatoms. The molecule has 0 spiro atoms. The Balaban J connectivity index is 2.19. The van der Waals surface area contributed by atoms with Crippen LogP contribution in [-0.4, -0.2) is 16.2 Å². The quantitative estimate of drug-likeness (QED) is 0.676. The van der Waals surface area contributed by atoms with Crippen LogP contribution in [0.2, 0.25) is 0 Å². The van der Waals surface area contributed by atoms with Crippen LogP contribution in [0.3, 0.4) is 0 Å². The summed E-state index contributed by atoms with van der Waals surface area (Å²) in [7, 11) is 0. The molecule has 0 saturated heterocycles. The summed E-state index contributed by atoms with van der Waals surface area (Å²) in [6, 6.07) is 9.55. The number of aromatic nitrogens is 2. The van der Waals surface area contributed by atoms with Gasteiger partial charge in [0.05, 0.1) is 0 Å². The van der Waals surface area contributed by atoms with Gasteiger partial charge in [0, 0.05) is 6.07 Å². The highest BCUT2D eigenvalue weighted by Gasteiger charge is 2.04. The second-order valence-corrected chi connectivity index (χ2v) is 4.49. The van der Waals surface area contributed by atoms with Crippen molar-refractivity contribution < 1.29 is 4.74 Å². The molecule has 0 unspecified atom stereocenters. The smallest absolute Gasteiger partial charge is 0.225 e. The fourth-order valence-corrected chi connectivity index (χ4v) is 1.86. The average Bonchev–Trinajstić information content (AvgIpc) is 2.39. The first-order valence-electron chi connectivity index (χ1n) is 5.66. The van der Waals surface area contributed by atoms with E-state index in [0.717, 1.165) is 12.2 Å². The molecular weight excluding hydrogens is 246 g/mol. The maximum atomic E-state index is 5.69. The van der Waals surface area contributed by atoms with Gasteiger partial charge in [-0.2, -0.15) is 4.98 Å². The Morgan fingerprint density at radius 3 is 2.56 bits per heavy atom. The molecule has 2 aromatic rings. The molecule has 4 nitrogen and oxygen atoms in total. The van der Waals surface area contributed by atoms with Gasteiger partial charge < -0.3 is 10.5 Å². The van der Waals surface area contributed by atoms with Crippen molar-refractivity contribution >= 4 is 17.6 Å². The second-order valence-electron chi connectivity index (χ2n) is 3.72. The SMILES string of the molecule is CCc1ccc(Oc2cc(N)nc(SC)n2)cc1. The Bertz CT molecular complexity index is 528.